The topological polar surface area (TPSA) is 113 Å². The molecule has 0 saturated carbocycles. The quantitative estimate of drug-likeness (QED) is 0.287. The molecule has 11 heteroatoms. The van der Waals surface area contributed by atoms with Gasteiger partial charge in [-0.15, -0.1) is 0 Å². The lowest BCUT2D eigenvalue weighted by molar-refractivity contribution is 0.180. The second kappa shape index (κ2) is 10.7. The molecule has 0 aliphatic carbocycles. The van der Waals surface area contributed by atoms with Gasteiger partial charge in [0.2, 0.25) is 0 Å². The van der Waals surface area contributed by atoms with E-state index in [9.17, 15) is 4.79 Å². The van der Waals surface area contributed by atoms with Crippen LogP contribution in [-0.4, -0.2) is 43.6 Å². The molecule has 1 saturated heterocycles. The fourth-order valence-electron chi connectivity index (χ4n) is 4.35. The van der Waals surface area contributed by atoms with E-state index in [2.05, 4.69) is 42.7 Å². The zero-order valence-corrected chi connectivity index (χ0v) is 21.8. The lowest BCUT2D eigenvalue weighted by Gasteiger charge is -2.32. The molecular weight excluding hydrogens is 544 g/mol. The molecule has 9 nitrogen and oxygen atoms in total. The number of pyridine rings is 1. The van der Waals surface area contributed by atoms with Gasteiger partial charge in [-0.3, -0.25) is 4.98 Å². The van der Waals surface area contributed by atoms with Gasteiger partial charge in [0, 0.05) is 67.0 Å². The highest BCUT2D eigenvalue weighted by molar-refractivity contribution is 9.10. The van der Waals surface area contributed by atoms with Gasteiger partial charge in [-0.05, 0) is 58.1 Å². The monoisotopic (exact) mass is 568 g/mol. The molecule has 0 spiro atoms. The summed E-state index contributed by atoms with van der Waals surface area (Å²) in [5, 5.41) is 11.4. The van der Waals surface area contributed by atoms with Crippen molar-refractivity contribution >= 4 is 50.7 Å². The van der Waals surface area contributed by atoms with Gasteiger partial charge in [-0.2, -0.15) is 9.61 Å². The van der Waals surface area contributed by atoms with E-state index in [1.165, 1.54) is 0 Å². The van der Waals surface area contributed by atoms with Crippen molar-refractivity contribution in [2.24, 2.45) is 0 Å². The second-order valence-electron chi connectivity index (χ2n) is 8.78. The third-order valence-electron chi connectivity index (χ3n) is 6.35. The van der Waals surface area contributed by atoms with E-state index in [4.69, 9.17) is 22.3 Å². The Bertz CT molecular complexity index is 1370. The standard InChI is InChI=1S/C25H26BrClN8O/c26-20-15-32-35-23(30-13-16-2-1-7-29-12-16)11-22(33-24(20)35)17-5-8-34(9-6-17)25(36)31-14-18-3-4-19(28)10-21(18)27/h1-4,7,10-12,15,17,30H,5-6,8-9,13-14,28H2,(H,31,36). The van der Waals surface area contributed by atoms with Crippen LogP contribution in [0.3, 0.4) is 0 Å². The molecule has 3 aromatic heterocycles. The highest BCUT2D eigenvalue weighted by Crippen LogP contribution is 2.31. The van der Waals surface area contributed by atoms with E-state index in [-0.39, 0.29) is 11.9 Å². The van der Waals surface area contributed by atoms with Crippen LogP contribution in [0.4, 0.5) is 16.3 Å². The molecule has 186 valence electrons. The number of hydrogen-bond acceptors (Lipinski definition) is 6. The predicted octanol–water partition coefficient (Wildman–Crippen LogP) is 4.82. The van der Waals surface area contributed by atoms with Crippen molar-refractivity contribution in [1.29, 1.82) is 0 Å². The van der Waals surface area contributed by atoms with Gasteiger partial charge in [0.05, 0.1) is 10.7 Å². The number of benzene rings is 1. The Morgan fingerprint density at radius 3 is 2.75 bits per heavy atom. The first kappa shape index (κ1) is 24.3. The first-order valence-corrected chi connectivity index (χ1v) is 12.9. The van der Waals surface area contributed by atoms with Crippen LogP contribution in [0.15, 0.2) is 59.5 Å². The number of fused-ring (bicyclic) bond motifs is 1. The molecule has 1 aromatic carbocycles. The van der Waals surface area contributed by atoms with Crippen LogP contribution in [0, 0.1) is 0 Å². The molecule has 0 bridgehead atoms. The maximum absolute atomic E-state index is 12.8. The summed E-state index contributed by atoms with van der Waals surface area (Å²) in [5.41, 5.74) is 10.0. The summed E-state index contributed by atoms with van der Waals surface area (Å²) >= 11 is 9.80. The number of nitrogens with two attached hydrogens (primary N) is 1. The lowest BCUT2D eigenvalue weighted by Crippen LogP contribution is -2.44. The second-order valence-corrected chi connectivity index (χ2v) is 10.0. The van der Waals surface area contributed by atoms with Crippen LogP contribution in [-0.2, 0) is 13.1 Å². The molecular formula is C25H26BrClN8O. The Labute approximate surface area is 222 Å². The highest BCUT2D eigenvalue weighted by Gasteiger charge is 2.26. The Morgan fingerprint density at radius 1 is 1.17 bits per heavy atom. The maximum atomic E-state index is 12.8. The highest BCUT2D eigenvalue weighted by atomic mass is 79.9. The zero-order valence-electron chi connectivity index (χ0n) is 19.5. The number of urea groups is 1. The first-order chi connectivity index (χ1) is 17.5. The number of carbonyl (C=O) groups is 1. The smallest absolute Gasteiger partial charge is 0.317 e. The Morgan fingerprint density at radius 2 is 2.00 bits per heavy atom. The molecule has 4 heterocycles. The van der Waals surface area contributed by atoms with Crippen molar-refractivity contribution in [3.05, 3.63) is 81.3 Å². The maximum Gasteiger partial charge on any atom is 0.317 e. The number of rotatable bonds is 6. The number of halogens is 2. The lowest BCUT2D eigenvalue weighted by atomic mass is 9.93. The first-order valence-electron chi connectivity index (χ1n) is 11.7. The summed E-state index contributed by atoms with van der Waals surface area (Å²) < 4.78 is 2.64. The van der Waals surface area contributed by atoms with E-state index >= 15 is 0 Å². The number of piperidine rings is 1. The Hall–Kier alpha value is -3.37. The van der Waals surface area contributed by atoms with Gasteiger partial charge in [-0.1, -0.05) is 23.7 Å². The largest absolute Gasteiger partial charge is 0.399 e. The normalized spacial score (nSPS) is 14.2. The van der Waals surface area contributed by atoms with Crippen LogP contribution in [0.1, 0.15) is 35.6 Å². The van der Waals surface area contributed by atoms with Gasteiger partial charge < -0.3 is 21.3 Å². The molecule has 4 aromatic rings. The van der Waals surface area contributed by atoms with E-state index in [0.717, 1.165) is 45.6 Å². The van der Waals surface area contributed by atoms with Crippen molar-refractivity contribution in [3.8, 4) is 0 Å². The number of carbonyl (C=O) groups excluding carboxylic acids is 1. The Kier molecular flexibility index (Phi) is 7.24. The number of aromatic nitrogens is 4. The minimum Gasteiger partial charge on any atom is -0.399 e. The van der Waals surface area contributed by atoms with Crippen LogP contribution >= 0.6 is 27.5 Å². The average molecular weight is 570 g/mol. The number of amides is 2. The zero-order chi connectivity index (χ0) is 25.1. The molecule has 0 atom stereocenters. The van der Waals surface area contributed by atoms with E-state index in [1.807, 2.05) is 29.3 Å². The van der Waals surface area contributed by atoms with Crippen LogP contribution in [0.25, 0.3) is 5.65 Å². The number of hydrogen-bond donors (Lipinski definition) is 3. The van der Waals surface area contributed by atoms with Crippen molar-refractivity contribution in [3.63, 3.8) is 0 Å². The summed E-state index contributed by atoms with van der Waals surface area (Å²) in [5.74, 6) is 1.11. The SMILES string of the molecule is Nc1ccc(CNC(=O)N2CCC(c3cc(NCc4cccnc4)n4ncc(Br)c4n3)CC2)c(Cl)c1. The third-order valence-corrected chi connectivity index (χ3v) is 7.26. The molecule has 1 fully saturated rings. The van der Waals surface area contributed by atoms with Crippen molar-refractivity contribution in [1.82, 2.24) is 29.8 Å². The minimum atomic E-state index is -0.0953. The molecule has 5 rings (SSSR count). The molecule has 36 heavy (non-hydrogen) atoms. The Balaban J connectivity index is 1.24. The van der Waals surface area contributed by atoms with Crippen LogP contribution < -0.4 is 16.4 Å². The van der Waals surface area contributed by atoms with E-state index < -0.39 is 0 Å². The van der Waals surface area contributed by atoms with Gasteiger partial charge in [0.1, 0.15) is 5.82 Å². The van der Waals surface area contributed by atoms with E-state index in [1.54, 1.807) is 29.0 Å². The molecule has 0 unspecified atom stereocenters. The van der Waals surface area contributed by atoms with Crippen LogP contribution in [0.2, 0.25) is 5.02 Å². The number of nitrogen functional groups attached to an aromatic ring is 1. The summed E-state index contributed by atoms with van der Waals surface area (Å²) in [6, 6.07) is 11.2. The van der Waals surface area contributed by atoms with Gasteiger partial charge in [0.25, 0.3) is 0 Å². The van der Waals surface area contributed by atoms with Gasteiger partial charge in [-0.25, -0.2) is 9.78 Å². The molecule has 4 N–H and O–H groups in total. The predicted molar refractivity (Wildman–Crippen MR) is 144 cm³/mol. The molecule has 0 radical (unpaired) electrons. The van der Waals surface area contributed by atoms with Crippen LogP contribution in [0.5, 0.6) is 0 Å². The van der Waals surface area contributed by atoms with Crippen molar-refractivity contribution in [2.75, 3.05) is 24.1 Å². The fraction of sp³-hybridized carbons (Fsp3) is 0.280. The van der Waals surface area contributed by atoms with Crippen molar-refractivity contribution < 1.29 is 4.79 Å². The number of nitrogens with zero attached hydrogens (tertiary/aromatic N) is 5. The molecule has 1 aliphatic heterocycles. The minimum absolute atomic E-state index is 0.0953. The summed E-state index contributed by atoms with van der Waals surface area (Å²) in [7, 11) is 0. The van der Waals surface area contributed by atoms with Crippen molar-refractivity contribution in [2.45, 2.75) is 31.8 Å². The summed E-state index contributed by atoms with van der Waals surface area (Å²) in [6.07, 6.45) is 7.01. The summed E-state index contributed by atoms with van der Waals surface area (Å²) in [6.45, 7) is 2.28. The molecule has 1 aliphatic rings. The third kappa shape index (κ3) is 5.39. The van der Waals surface area contributed by atoms with Gasteiger partial charge in [0.15, 0.2) is 5.65 Å². The fourth-order valence-corrected chi connectivity index (χ4v) is 4.96. The summed E-state index contributed by atoms with van der Waals surface area (Å²) in [4.78, 5) is 23.7. The number of anilines is 2. The van der Waals surface area contributed by atoms with Gasteiger partial charge >= 0.3 is 6.03 Å². The average Bonchev–Trinajstić information content (AvgIpc) is 3.28. The molecule has 2 amide bonds. The van der Waals surface area contributed by atoms with E-state index in [0.29, 0.717) is 36.9 Å². The number of nitrogens with one attached hydrogen (secondary N) is 2. The number of likely N-dealkylation sites (tertiary alicyclic amines) is 1.